The van der Waals surface area contributed by atoms with Crippen molar-refractivity contribution in [3.05, 3.63) is 34.3 Å². The van der Waals surface area contributed by atoms with Crippen LogP contribution in [-0.4, -0.2) is 26.7 Å². The van der Waals surface area contributed by atoms with E-state index >= 15 is 0 Å². The van der Waals surface area contributed by atoms with Crippen LogP contribution < -0.4 is 10.6 Å². The number of nitrogens with one attached hydrogen (secondary N) is 2. The Bertz CT molecular complexity index is 317. The molecule has 0 saturated carbocycles. The maximum atomic E-state index is 3.49. The zero-order valence-electron chi connectivity index (χ0n) is 9.67. The molecule has 0 radical (unpaired) electrons. The van der Waals surface area contributed by atoms with Gasteiger partial charge in [0.1, 0.15) is 0 Å². The highest BCUT2D eigenvalue weighted by Gasteiger charge is 2.25. The van der Waals surface area contributed by atoms with Gasteiger partial charge in [-0.2, -0.15) is 0 Å². The van der Waals surface area contributed by atoms with Crippen LogP contribution in [0.15, 0.2) is 28.7 Å². The molecule has 0 bridgehead atoms. The summed E-state index contributed by atoms with van der Waals surface area (Å²) in [7, 11) is 2.04. The van der Waals surface area contributed by atoms with Gasteiger partial charge in [-0.25, -0.2) is 0 Å². The van der Waals surface area contributed by atoms with E-state index in [-0.39, 0.29) is 0 Å². The van der Waals surface area contributed by atoms with Crippen LogP contribution in [0.2, 0.25) is 0 Å². The van der Waals surface area contributed by atoms with Crippen molar-refractivity contribution in [3.8, 4) is 0 Å². The second kappa shape index (κ2) is 5.80. The average molecular weight is 283 g/mol. The van der Waals surface area contributed by atoms with Gasteiger partial charge in [-0.05, 0) is 50.2 Å². The lowest BCUT2D eigenvalue weighted by molar-refractivity contribution is 0.443. The highest BCUT2D eigenvalue weighted by Crippen LogP contribution is 2.29. The zero-order valence-corrected chi connectivity index (χ0v) is 11.3. The van der Waals surface area contributed by atoms with Crippen LogP contribution in [0.25, 0.3) is 0 Å². The van der Waals surface area contributed by atoms with Gasteiger partial charge in [0.2, 0.25) is 0 Å². The quantitative estimate of drug-likeness (QED) is 0.886. The molecule has 1 heterocycles. The molecule has 2 rings (SSSR count). The van der Waals surface area contributed by atoms with Crippen molar-refractivity contribution in [1.82, 2.24) is 10.6 Å². The number of rotatable bonds is 4. The van der Waals surface area contributed by atoms with Gasteiger partial charge in [0.15, 0.2) is 0 Å². The molecule has 2 N–H and O–H groups in total. The van der Waals surface area contributed by atoms with Crippen LogP contribution in [0.5, 0.6) is 0 Å². The first-order valence-electron chi connectivity index (χ1n) is 5.92. The number of likely N-dealkylation sites (N-methyl/N-ethyl adjacent to an activating group) is 1. The van der Waals surface area contributed by atoms with E-state index in [0.717, 1.165) is 23.5 Å². The molecule has 1 aromatic carbocycles. The van der Waals surface area contributed by atoms with E-state index in [4.69, 9.17) is 0 Å². The summed E-state index contributed by atoms with van der Waals surface area (Å²) in [6.45, 7) is 3.39. The molecule has 2 unspecified atom stereocenters. The molecule has 0 amide bonds. The van der Waals surface area contributed by atoms with Crippen LogP contribution in [-0.2, 0) is 0 Å². The van der Waals surface area contributed by atoms with E-state index in [9.17, 15) is 0 Å². The van der Waals surface area contributed by atoms with E-state index in [1.54, 1.807) is 0 Å². The Kier molecular flexibility index (Phi) is 4.38. The summed E-state index contributed by atoms with van der Waals surface area (Å²) in [6, 6.07) is 8.76. The second-order valence-corrected chi connectivity index (χ2v) is 5.38. The third kappa shape index (κ3) is 2.84. The van der Waals surface area contributed by atoms with E-state index in [2.05, 4.69) is 50.8 Å². The van der Waals surface area contributed by atoms with Crippen LogP contribution in [0.4, 0.5) is 0 Å². The Labute approximate surface area is 106 Å². The normalized spacial score (nSPS) is 22.2. The Hall–Kier alpha value is -0.380. The minimum atomic E-state index is 0.632. The van der Waals surface area contributed by atoms with Crippen molar-refractivity contribution in [2.24, 2.45) is 5.92 Å². The highest BCUT2D eigenvalue weighted by molar-refractivity contribution is 9.10. The topological polar surface area (TPSA) is 24.1 Å². The molecular formula is C13H19BrN2. The minimum Gasteiger partial charge on any atom is -0.319 e. The first-order valence-corrected chi connectivity index (χ1v) is 6.71. The predicted molar refractivity (Wildman–Crippen MR) is 71.8 cm³/mol. The largest absolute Gasteiger partial charge is 0.319 e. The number of hydrogen-bond donors (Lipinski definition) is 2. The van der Waals surface area contributed by atoms with Gasteiger partial charge in [0.05, 0.1) is 0 Å². The molecule has 1 aliphatic heterocycles. The van der Waals surface area contributed by atoms with E-state index in [0.29, 0.717) is 5.92 Å². The second-order valence-electron chi connectivity index (χ2n) is 4.47. The zero-order chi connectivity index (χ0) is 11.4. The lowest BCUT2D eigenvalue weighted by Crippen LogP contribution is -2.25. The van der Waals surface area contributed by atoms with Gasteiger partial charge in [-0.15, -0.1) is 0 Å². The Morgan fingerprint density at radius 2 is 2.19 bits per heavy atom. The molecule has 2 nitrogen and oxygen atoms in total. The third-order valence-electron chi connectivity index (χ3n) is 3.39. The molecule has 1 fully saturated rings. The van der Waals surface area contributed by atoms with Gasteiger partial charge in [-0.3, -0.25) is 0 Å². The smallest absolute Gasteiger partial charge is 0.0175 e. The summed E-state index contributed by atoms with van der Waals surface area (Å²) < 4.78 is 1.16. The van der Waals surface area contributed by atoms with E-state index < -0.39 is 0 Å². The molecule has 1 aromatic rings. The third-order valence-corrected chi connectivity index (χ3v) is 3.92. The van der Waals surface area contributed by atoms with Crippen molar-refractivity contribution >= 4 is 15.9 Å². The fraction of sp³-hybridized carbons (Fsp3) is 0.538. The maximum absolute atomic E-state index is 3.49. The van der Waals surface area contributed by atoms with Gasteiger partial charge < -0.3 is 10.6 Å². The fourth-order valence-electron chi connectivity index (χ4n) is 2.51. The monoisotopic (exact) mass is 282 g/mol. The lowest BCUT2D eigenvalue weighted by atomic mass is 9.85. The van der Waals surface area contributed by atoms with Gasteiger partial charge in [-0.1, -0.05) is 28.1 Å². The van der Waals surface area contributed by atoms with Crippen LogP contribution in [0, 0.1) is 5.92 Å². The number of benzene rings is 1. The molecule has 88 valence electrons. The first kappa shape index (κ1) is 12.1. The van der Waals surface area contributed by atoms with Gasteiger partial charge in [0.25, 0.3) is 0 Å². The Balaban J connectivity index is 2.14. The number of halogens is 1. The van der Waals surface area contributed by atoms with Crippen LogP contribution in [0.3, 0.4) is 0 Å². The van der Waals surface area contributed by atoms with Crippen molar-refractivity contribution in [2.45, 2.75) is 12.3 Å². The lowest BCUT2D eigenvalue weighted by Gasteiger charge is -2.23. The van der Waals surface area contributed by atoms with Gasteiger partial charge in [0, 0.05) is 16.9 Å². The van der Waals surface area contributed by atoms with E-state index in [1.165, 1.54) is 18.5 Å². The van der Waals surface area contributed by atoms with Crippen molar-refractivity contribution < 1.29 is 0 Å². The first-order chi connectivity index (χ1) is 7.81. The van der Waals surface area contributed by atoms with Crippen LogP contribution >= 0.6 is 15.9 Å². The summed E-state index contributed by atoms with van der Waals surface area (Å²) in [5.41, 5.74) is 1.45. The minimum absolute atomic E-state index is 0.632. The van der Waals surface area contributed by atoms with Gasteiger partial charge >= 0.3 is 0 Å². The van der Waals surface area contributed by atoms with E-state index in [1.807, 2.05) is 7.05 Å². The maximum Gasteiger partial charge on any atom is 0.0175 e. The van der Waals surface area contributed by atoms with Crippen molar-refractivity contribution in [3.63, 3.8) is 0 Å². The Morgan fingerprint density at radius 3 is 2.75 bits per heavy atom. The van der Waals surface area contributed by atoms with Crippen molar-refractivity contribution in [2.75, 3.05) is 26.7 Å². The molecule has 0 aromatic heterocycles. The summed E-state index contributed by atoms with van der Waals surface area (Å²) in [5, 5.41) is 6.77. The average Bonchev–Trinajstić information content (AvgIpc) is 2.81. The molecule has 1 aliphatic rings. The molecule has 0 spiro atoms. The molecule has 0 aliphatic carbocycles. The predicted octanol–water partition coefficient (Wildman–Crippen LogP) is 2.36. The summed E-state index contributed by atoms with van der Waals surface area (Å²) >= 11 is 3.49. The van der Waals surface area contributed by atoms with Crippen LogP contribution in [0.1, 0.15) is 17.9 Å². The standard InChI is InChI=1S/C13H19BrN2/c1-15-9-13(11-6-7-16-8-11)10-2-4-12(14)5-3-10/h2-5,11,13,15-16H,6-9H2,1H3. The summed E-state index contributed by atoms with van der Waals surface area (Å²) in [5.74, 6) is 1.40. The van der Waals surface area contributed by atoms with Crippen molar-refractivity contribution in [1.29, 1.82) is 0 Å². The molecule has 3 heteroatoms. The molecular weight excluding hydrogens is 264 g/mol. The summed E-state index contributed by atoms with van der Waals surface area (Å²) in [6.07, 6.45) is 1.29. The Morgan fingerprint density at radius 1 is 1.44 bits per heavy atom. The summed E-state index contributed by atoms with van der Waals surface area (Å²) in [4.78, 5) is 0. The fourth-order valence-corrected chi connectivity index (χ4v) is 2.77. The highest BCUT2D eigenvalue weighted by atomic mass is 79.9. The molecule has 2 atom stereocenters. The molecule has 16 heavy (non-hydrogen) atoms. The number of hydrogen-bond acceptors (Lipinski definition) is 2. The SMILES string of the molecule is CNCC(c1ccc(Br)cc1)C1CCNC1. The molecule has 1 saturated heterocycles.